The van der Waals surface area contributed by atoms with E-state index < -0.39 is 0 Å². The van der Waals surface area contributed by atoms with Crippen LogP contribution in [0.15, 0.2) is 73.1 Å². The lowest BCUT2D eigenvalue weighted by Crippen LogP contribution is -1.83. The quantitative estimate of drug-likeness (QED) is 0.591. The summed E-state index contributed by atoms with van der Waals surface area (Å²) in [6, 6.07) is 18.5. The van der Waals surface area contributed by atoms with Crippen LogP contribution < -0.4 is 0 Å². The first-order valence-corrected chi connectivity index (χ1v) is 6.71. The Kier molecular flexibility index (Phi) is 5.70. The number of pyridine rings is 2. The normalized spacial score (nSPS) is 9.27. The number of carbonyl (C=O) groups excluding carboxylic acids is 1. The SMILES string of the molecule is N=Cc1cccc(C=O)c1.c1ccc(-c2ccccn2)nc1. The van der Waals surface area contributed by atoms with Crippen LogP contribution in [-0.2, 0) is 0 Å². The lowest BCUT2D eigenvalue weighted by atomic mass is 10.1. The minimum Gasteiger partial charge on any atom is -0.308 e. The van der Waals surface area contributed by atoms with Gasteiger partial charge in [-0.25, -0.2) is 0 Å². The number of nitrogens with one attached hydrogen (secondary N) is 1. The molecule has 0 saturated carbocycles. The second-order valence-electron chi connectivity index (χ2n) is 4.36. The molecule has 3 rings (SSSR count). The fraction of sp³-hybridized carbons (Fsp3) is 0. The average Bonchev–Trinajstić information content (AvgIpc) is 2.64. The molecule has 0 atom stereocenters. The molecule has 0 unspecified atom stereocenters. The highest BCUT2D eigenvalue weighted by atomic mass is 16.1. The van der Waals surface area contributed by atoms with Crippen molar-refractivity contribution in [1.29, 1.82) is 5.41 Å². The molecule has 0 amide bonds. The van der Waals surface area contributed by atoms with Crippen LogP contribution in [0.4, 0.5) is 0 Å². The van der Waals surface area contributed by atoms with Gasteiger partial charge >= 0.3 is 0 Å². The third kappa shape index (κ3) is 4.45. The van der Waals surface area contributed by atoms with Crippen molar-refractivity contribution in [2.45, 2.75) is 0 Å². The summed E-state index contributed by atoms with van der Waals surface area (Å²) in [6.07, 6.45) is 5.52. The van der Waals surface area contributed by atoms with Gasteiger partial charge in [0.2, 0.25) is 0 Å². The van der Waals surface area contributed by atoms with Crippen molar-refractivity contribution in [3.63, 3.8) is 0 Å². The molecule has 1 aromatic carbocycles. The highest BCUT2D eigenvalue weighted by Gasteiger charge is 1.95. The second kappa shape index (κ2) is 8.21. The molecule has 4 heteroatoms. The van der Waals surface area contributed by atoms with Crippen LogP contribution in [0.25, 0.3) is 11.4 Å². The number of aldehydes is 1. The summed E-state index contributed by atoms with van der Waals surface area (Å²) in [5, 5.41) is 6.87. The molecule has 0 aliphatic heterocycles. The van der Waals surface area contributed by atoms with Gasteiger partial charge in [-0.15, -0.1) is 0 Å². The standard InChI is InChI=1S/C10H8N2.C8H7NO/c1-3-7-11-9(5-1)10-6-2-4-8-12-10;9-5-7-2-1-3-8(4-7)6-10/h1-8H;1-6,9H. The maximum atomic E-state index is 10.2. The third-order valence-corrected chi connectivity index (χ3v) is 2.81. The fourth-order valence-electron chi connectivity index (χ4n) is 1.75. The predicted molar refractivity (Wildman–Crippen MR) is 87.2 cm³/mol. The molecule has 1 N–H and O–H groups in total. The van der Waals surface area contributed by atoms with E-state index in [1.54, 1.807) is 36.7 Å². The van der Waals surface area contributed by atoms with Crippen molar-refractivity contribution in [3.8, 4) is 11.4 Å². The minimum absolute atomic E-state index is 0.612. The Bertz CT molecular complexity index is 667. The Morgan fingerprint density at radius 2 is 1.36 bits per heavy atom. The number of rotatable bonds is 3. The number of benzene rings is 1. The Morgan fingerprint density at radius 3 is 1.82 bits per heavy atom. The molecule has 0 radical (unpaired) electrons. The first-order valence-electron chi connectivity index (χ1n) is 6.71. The molecule has 2 heterocycles. The van der Waals surface area contributed by atoms with Crippen LogP contribution >= 0.6 is 0 Å². The maximum absolute atomic E-state index is 10.2. The molecule has 22 heavy (non-hydrogen) atoms. The highest BCUT2D eigenvalue weighted by Crippen LogP contribution is 2.10. The van der Waals surface area contributed by atoms with E-state index in [2.05, 4.69) is 9.97 Å². The molecule has 4 nitrogen and oxygen atoms in total. The van der Waals surface area contributed by atoms with Crippen molar-refractivity contribution in [2.75, 3.05) is 0 Å². The molecule has 0 aliphatic carbocycles. The van der Waals surface area contributed by atoms with Gasteiger partial charge in [0.15, 0.2) is 0 Å². The Balaban J connectivity index is 0.000000164. The van der Waals surface area contributed by atoms with Gasteiger partial charge in [0.25, 0.3) is 0 Å². The topological polar surface area (TPSA) is 66.7 Å². The zero-order valence-corrected chi connectivity index (χ0v) is 11.9. The van der Waals surface area contributed by atoms with E-state index in [0.29, 0.717) is 5.56 Å². The highest BCUT2D eigenvalue weighted by molar-refractivity contribution is 5.82. The van der Waals surface area contributed by atoms with Gasteiger partial charge in [0, 0.05) is 24.2 Å². The van der Waals surface area contributed by atoms with Crippen LogP contribution in [0.5, 0.6) is 0 Å². The monoisotopic (exact) mass is 289 g/mol. The van der Waals surface area contributed by atoms with Gasteiger partial charge < -0.3 is 5.41 Å². The van der Waals surface area contributed by atoms with Crippen LogP contribution in [0.3, 0.4) is 0 Å². The molecule has 3 aromatic rings. The van der Waals surface area contributed by atoms with Crippen molar-refractivity contribution >= 4 is 12.5 Å². The van der Waals surface area contributed by atoms with Crippen LogP contribution in [0.2, 0.25) is 0 Å². The van der Waals surface area contributed by atoms with E-state index in [0.717, 1.165) is 23.2 Å². The molecular weight excluding hydrogens is 274 g/mol. The van der Waals surface area contributed by atoms with E-state index >= 15 is 0 Å². The van der Waals surface area contributed by atoms with Gasteiger partial charge in [-0.3, -0.25) is 14.8 Å². The van der Waals surface area contributed by atoms with E-state index in [-0.39, 0.29) is 0 Å². The van der Waals surface area contributed by atoms with E-state index in [4.69, 9.17) is 5.41 Å². The summed E-state index contributed by atoms with van der Waals surface area (Å²) >= 11 is 0. The fourth-order valence-corrected chi connectivity index (χ4v) is 1.75. The molecule has 0 aliphatic rings. The molecule has 0 spiro atoms. The van der Waals surface area contributed by atoms with Crippen LogP contribution in [0.1, 0.15) is 15.9 Å². The lowest BCUT2D eigenvalue weighted by Gasteiger charge is -1.96. The number of nitrogens with zero attached hydrogens (tertiary/aromatic N) is 2. The summed E-state index contributed by atoms with van der Waals surface area (Å²) in [5.74, 6) is 0. The zero-order chi connectivity index (χ0) is 15.6. The lowest BCUT2D eigenvalue weighted by molar-refractivity contribution is 0.112. The molecule has 2 aromatic heterocycles. The molecule has 0 bridgehead atoms. The predicted octanol–water partition coefficient (Wildman–Crippen LogP) is 3.64. The summed E-state index contributed by atoms with van der Waals surface area (Å²) in [6.45, 7) is 0. The molecule has 108 valence electrons. The van der Waals surface area contributed by atoms with Crippen molar-refractivity contribution < 1.29 is 4.79 Å². The molecular formula is C18H15N3O. The first kappa shape index (κ1) is 15.3. The van der Waals surface area contributed by atoms with Crippen molar-refractivity contribution in [2.24, 2.45) is 0 Å². The number of carbonyl (C=O) groups is 1. The van der Waals surface area contributed by atoms with E-state index in [1.165, 1.54) is 6.21 Å². The van der Waals surface area contributed by atoms with Gasteiger partial charge in [-0.1, -0.05) is 30.3 Å². The minimum atomic E-state index is 0.612. The number of hydrogen-bond acceptors (Lipinski definition) is 4. The average molecular weight is 289 g/mol. The Labute approximate surface area is 129 Å². The van der Waals surface area contributed by atoms with Gasteiger partial charge in [-0.05, 0) is 35.9 Å². The third-order valence-electron chi connectivity index (χ3n) is 2.81. The summed E-state index contributed by atoms with van der Waals surface area (Å²) < 4.78 is 0. The van der Waals surface area contributed by atoms with Crippen LogP contribution in [-0.4, -0.2) is 22.5 Å². The maximum Gasteiger partial charge on any atom is 0.150 e. The Hall–Kier alpha value is -3.14. The summed E-state index contributed by atoms with van der Waals surface area (Å²) in [5.41, 5.74) is 3.20. The molecule has 0 fully saturated rings. The number of hydrogen-bond donors (Lipinski definition) is 1. The summed E-state index contributed by atoms with van der Waals surface area (Å²) in [4.78, 5) is 18.6. The molecule has 0 saturated heterocycles. The Morgan fingerprint density at radius 1 is 0.773 bits per heavy atom. The van der Waals surface area contributed by atoms with Crippen molar-refractivity contribution in [1.82, 2.24) is 9.97 Å². The largest absolute Gasteiger partial charge is 0.308 e. The van der Waals surface area contributed by atoms with Gasteiger partial charge in [0.1, 0.15) is 6.29 Å². The van der Waals surface area contributed by atoms with E-state index in [9.17, 15) is 4.79 Å². The smallest absolute Gasteiger partial charge is 0.150 e. The first-order chi connectivity index (χ1) is 10.8. The van der Waals surface area contributed by atoms with Gasteiger partial charge in [0.05, 0.1) is 11.4 Å². The van der Waals surface area contributed by atoms with Crippen molar-refractivity contribution in [3.05, 3.63) is 84.2 Å². The second-order valence-corrected chi connectivity index (χ2v) is 4.36. The summed E-state index contributed by atoms with van der Waals surface area (Å²) in [7, 11) is 0. The number of aromatic nitrogens is 2. The zero-order valence-electron chi connectivity index (χ0n) is 11.9. The van der Waals surface area contributed by atoms with E-state index in [1.807, 2.05) is 36.4 Å². The van der Waals surface area contributed by atoms with Crippen LogP contribution in [0, 0.1) is 5.41 Å². The van der Waals surface area contributed by atoms with Gasteiger partial charge in [-0.2, -0.15) is 0 Å².